The summed E-state index contributed by atoms with van der Waals surface area (Å²) in [6, 6.07) is 18.3. The molecule has 0 radical (unpaired) electrons. The number of rotatable bonds is 12. The van der Waals surface area contributed by atoms with Crippen molar-refractivity contribution in [1.29, 1.82) is 0 Å². The van der Waals surface area contributed by atoms with Crippen LogP contribution < -0.4 is 21.3 Å². The number of nitrogens with one attached hydrogen (secondary N) is 4. The van der Waals surface area contributed by atoms with E-state index >= 15 is 0 Å². The Balaban J connectivity index is 1.23. The van der Waals surface area contributed by atoms with Crippen molar-refractivity contribution in [2.75, 3.05) is 25.2 Å². The minimum absolute atomic E-state index is 0.0107. The largest absolute Gasteiger partial charge is 0.456 e. The molecule has 13 nitrogen and oxygen atoms in total. The number of hydrogen-bond donors (Lipinski definition) is 4. The molecular weight excluding hydrogens is 767 g/mol. The highest BCUT2D eigenvalue weighted by Crippen LogP contribution is 2.44. The second kappa shape index (κ2) is 21.2. The minimum Gasteiger partial charge on any atom is -0.456 e. The molecular formula is C42H47N5O8S2. The predicted octanol–water partition coefficient (Wildman–Crippen LogP) is 5.79. The molecule has 4 amide bonds. The van der Waals surface area contributed by atoms with Crippen molar-refractivity contribution in [2.45, 2.75) is 75.5 Å². The number of alkyl carbamates (subject to hydrolysis) is 1. The number of benzene rings is 2. The number of ether oxygens (including phenoxy) is 2. The topological polar surface area (TPSA) is 182 Å². The highest BCUT2D eigenvalue weighted by molar-refractivity contribution is 8.13. The number of nitrogens with zero attached hydrogens (tertiary/aromatic N) is 1. The van der Waals surface area contributed by atoms with Gasteiger partial charge in [0.05, 0.1) is 18.7 Å². The van der Waals surface area contributed by atoms with Gasteiger partial charge in [-0.2, -0.15) is 0 Å². The quantitative estimate of drug-likeness (QED) is 0.0572. The molecule has 300 valence electrons. The van der Waals surface area contributed by atoms with Crippen LogP contribution in [0, 0.1) is 0 Å². The average molecular weight is 814 g/mol. The second-order valence-corrected chi connectivity index (χ2v) is 15.5. The molecule has 15 heteroatoms. The zero-order chi connectivity index (χ0) is 40.7. The van der Waals surface area contributed by atoms with E-state index in [1.165, 1.54) is 24.8 Å². The predicted molar refractivity (Wildman–Crippen MR) is 219 cm³/mol. The molecule has 2 heterocycles. The molecule has 3 aromatic rings. The van der Waals surface area contributed by atoms with E-state index in [1.54, 1.807) is 31.2 Å². The molecule has 5 rings (SSSR count). The minimum atomic E-state index is -1.16. The monoisotopic (exact) mass is 813 g/mol. The van der Waals surface area contributed by atoms with Crippen LogP contribution in [0.25, 0.3) is 11.1 Å². The number of hydrogen-bond acceptors (Lipinski definition) is 11. The number of pyridine rings is 1. The summed E-state index contributed by atoms with van der Waals surface area (Å²) in [4.78, 5) is 82.9. The van der Waals surface area contributed by atoms with Crippen molar-refractivity contribution >= 4 is 58.4 Å². The standard InChI is InChI=1S/C42H47N5O8S2/c1-4-35-39(50)47-36(18-9-11-19-43-42(53)54-25-34-32-16-7-5-14-30(32)31-15-6-8-17-33(31)34)41(52)55-28(13-10-12-20-57-26(2)48)22-38(49)44-24-27-21-29(56-3)23-37(45-27)40(51)46-35/h4-8,10,13-17,21,23,28,34,36H,9,11-12,18-20,22,24-25H2,1-3H3,(H,43,53)(H,44,49)(H,46,51)(H,47,50)/b13-10+,35-4-/t28-,36+/m1/s1. The van der Waals surface area contributed by atoms with Crippen LogP contribution >= 0.6 is 23.5 Å². The Morgan fingerprint density at radius 1 is 1.00 bits per heavy atom. The molecule has 4 N–H and O–H groups in total. The van der Waals surface area contributed by atoms with Gasteiger partial charge in [-0.15, -0.1) is 11.8 Å². The van der Waals surface area contributed by atoms with E-state index in [-0.39, 0.29) is 55.0 Å². The van der Waals surface area contributed by atoms with E-state index in [0.29, 0.717) is 30.7 Å². The maximum atomic E-state index is 13.7. The number of fused-ring (bicyclic) bond motifs is 5. The van der Waals surface area contributed by atoms with Gasteiger partial charge in [-0.25, -0.2) is 14.6 Å². The van der Waals surface area contributed by atoms with Crippen LogP contribution in [0.4, 0.5) is 4.79 Å². The number of unbranched alkanes of at least 4 members (excludes halogenated alkanes) is 1. The van der Waals surface area contributed by atoms with Gasteiger partial charge in [0.1, 0.15) is 30.1 Å². The van der Waals surface area contributed by atoms with Gasteiger partial charge >= 0.3 is 12.1 Å². The Hall–Kier alpha value is -5.41. The van der Waals surface area contributed by atoms with Gasteiger partial charge < -0.3 is 30.7 Å². The Bertz CT molecular complexity index is 1990. The first-order valence-corrected chi connectivity index (χ1v) is 21.0. The highest BCUT2D eigenvalue weighted by Gasteiger charge is 2.30. The first-order valence-electron chi connectivity index (χ1n) is 18.8. The maximum Gasteiger partial charge on any atom is 0.407 e. The van der Waals surface area contributed by atoms with Crippen molar-refractivity contribution in [1.82, 2.24) is 26.3 Å². The number of allylic oxidation sites excluding steroid dienone is 2. The van der Waals surface area contributed by atoms with Gasteiger partial charge in [0, 0.05) is 30.0 Å². The van der Waals surface area contributed by atoms with Gasteiger partial charge in [0.25, 0.3) is 11.8 Å². The molecule has 57 heavy (non-hydrogen) atoms. The molecule has 0 unspecified atom stereocenters. The molecule has 0 saturated heterocycles. The van der Waals surface area contributed by atoms with E-state index in [1.807, 2.05) is 42.7 Å². The summed E-state index contributed by atoms with van der Waals surface area (Å²) in [5.74, 6) is -2.13. The third-order valence-electron chi connectivity index (χ3n) is 9.29. The molecule has 0 spiro atoms. The lowest BCUT2D eigenvalue weighted by molar-refractivity contribution is -0.152. The van der Waals surface area contributed by atoms with Crippen molar-refractivity contribution in [3.63, 3.8) is 0 Å². The van der Waals surface area contributed by atoms with Crippen LogP contribution in [0.2, 0.25) is 0 Å². The van der Waals surface area contributed by atoms with Gasteiger partial charge in [-0.3, -0.25) is 19.2 Å². The Morgan fingerprint density at radius 3 is 2.40 bits per heavy atom. The fourth-order valence-corrected chi connectivity index (χ4v) is 7.50. The van der Waals surface area contributed by atoms with Crippen molar-refractivity contribution < 1.29 is 38.2 Å². The van der Waals surface area contributed by atoms with Crippen LogP contribution in [-0.4, -0.2) is 77.2 Å². The van der Waals surface area contributed by atoms with E-state index in [2.05, 4.69) is 38.4 Å². The molecule has 1 aliphatic carbocycles. The van der Waals surface area contributed by atoms with E-state index in [9.17, 15) is 28.8 Å². The van der Waals surface area contributed by atoms with E-state index in [0.717, 1.165) is 38.9 Å². The van der Waals surface area contributed by atoms with Crippen molar-refractivity contribution in [2.24, 2.45) is 0 Å². The third-order valence-corrected chi connectivity index (χ3v) is 10.8. The number of carbonyl (C=O) groups is 6. The molecule has 1 aromatic heterocycles. The van der Waals surface area contributed by atoms with Crippen LogP contribution in [0.5, 0.6) is 0 Å². The van der Waals surface area contributed by atoms with Crippen LogP contribution in [0.15, 0.2) is 89.5 Å². The van der Waals surface area contributed by atoms with Gasteiger partial charge in [0.2, 0.25) is 5.91 Å². The summed E-state index contributed by atoms with van der Waals surface area (Å²) in [5, 5.41) is 10.8. The van der Waals surface area contributed by atoms with Crippen LogP contribution in [0.3, 0.4) is 0 Å². The fourth-order valence-electron chi connectivity index (χ4n) is 6.47. The number of esters is 1. The lowest BCUT2D eigenvalue weighted by Crippen LogP contribution is -2.46. The van der Waals surface area contributed by atoms with Crippen LogP contribution in [-0.2, 0) is 35.2 Å². The summed E-state index contributed by atoms with van der Waals surface area (Å²) in [5.41, 5.74) is 4.87. The normalized spacial score (nSPS) is 18.3. The molecule has 2 aliphatic rings. The average Bonchev–Trinajstić information content (AvgIpc) is 3.53. The molecule has 2 aromatic carbocycles. The lowest BCUT2D eigenvalue weighted by Gasteiger charge is -2.22. The highest BCUT2D eigenvalue weighted by atomic mass is 32.2. The summed E-state index contributed by atoms with van der Waals surface area (Å²) >= 11 is 2.55. The summed E-state index contributed by atoms with van der Waals surface area (Å²) in [6.07, 6.45) is 6.28. The summed E-state index contributed by atoms with van der Waals surface area (Å²) in [6.45, 7) is 3.49. The second-order valence-electron chi connectivity index (χ2n) is 13.3. The Morgan fingerprint density at radius 2 is 1.72 bits per heavy atom. The molecule has 1 aliphatic heterocycles. The third kappa shape index (κ3) is 12.3. The molecule has 2 bridgehead atoms. The van der Waals surface area contributed by atoms with E-state index in [4.69, 9.17) is 9.47 Å². The van der Waals surface area contributed by atoms with E-state index < -0.39 is 41.9 Å². The van der Waals surface area contributed by atoms with Crippen LogP contribution in [0.1, 0.15) is 79.2 Å². The van der Waals surface area contributed by atoms with Gasteiger partial charge in [-0.1, -0.05) is 72.4 Å². The number of aromatic nitrogens is 1. The summed E-state index contributed by atoms with van der Waals surface area (Å²) < 4.78 is 11.5. The molecule has 0 fully saturated rings. The SMILES string of the molecule is C/C=C1\NC(=O)c2cc(SC)cc(n2)CNC(=O)C[C@@H](/C=C/CCSC(C)=O)OC(=O)[C@H](CCCCNC(=O)OCC2c3ccccc3-c3ccccc32)NC1=O. The number of amides is 4. The first kappa shape index (κ1) is 42.7. The maximum absolute atomic E-state index is 13.7. The lowest BCUT2D eigenvalue weighted by atomic mass is 9.98. The smallest absolute Gasteiger partial charge is 0.407 e. The zero-order valence-electron chi connectivity index (χ0n) is 32.1. The Kier molecular flexibility index (Phi) is 15.9. The number of cyclic esters (lactones) is 1. The fraction of sp³-hybridized carbons (Fsp3) is 0.357. The number of carbonyl (C=O) groups excluding carboxylic acids is 6. The zero-order valence-corrected chi connectivity index (χ0v) is 33.8. The summed E-state index contributed by atoms with van der Waals surface area (Å²) in [7, 11) is 0. The van der Waals surface area contributed by atoms with Crippen molar-refractivity contribution in [3.8, 4) is 11.1 Å². The van der Waals surface area contributed by atoms with Crippen molar-refractivity contribution in [3.05, 3.63) is 107 Å². The first-order chi connectivity index (χ1) is 27.6. The molecule has 0 saturated carbocycles. The molecule has 2 atom stereocenters. The number of thioether (sulfide) groups is 2. The Labute approximate surface area is 340 Å². The van der Waals surface area contributed by atoms with Gasteiger partial charge in [0.15, 0.2) is 5.12 Å². The van der Waals surface area contributed by atoms with Gasteiger partial charge in [-0.05, 0) is 79.3 Å².